The molecule has 0 aliphatic carbocycles. The number of benzene rings is 1. The van der Waals surface area contributed by atoms with Gasteiger partial charge in [0.05, 0.1) is 22.8 Å². The van der Waals surface area contributed by atoms with Gasteiger partial charge in [0.25, 0.3) is 0 Å². The van der Waals surface area contributed by atoms with Crippen molar-refractivity contribution in [2.75, 3.05) is 5.32 Å². The first kappa shape index (κ1) is 16.5. The fourth-order valence-corrected chi connectivity index (χ4v) is 3.23. The number of aromatic nitrogens is 2. The molecule has 0 aliphatic rings. The van der Waals surface area contributed by atoms with Crippen molar-refractivity contribution in [1.82, 2.24) is 14.5 Å². The highest BCUT2D eigenvalue weighted by Crippen LogP contribution is 2.15. The Hall–Kier alpha value is -1.90. The van der Waals surface area contributed by atoms with Crippen molar-refractivity contribution >= 4 is 33.2 Å². The lowest BCUT2D eigenvalue weighted by molar-refractivity contribution is -0.117. The Kier molecular flexibility index (Phi) is 4.84. The van der Waals surface area contributed by atoms with Gasteiger partial charge in [-0.2, -0.15) is 9.82 Å². The first-order valence-electron chi connectivity index (χ1n) is 6.35. The van der Waals surface area contributed by atoms with Gasteiger partial charge in [0, 0.05) is 18.3 Å². The minimum absolute atomic E-state index is 0.000952. The van der Waals surface area contributed by atoms with Gasteiger partial charge in [0.2, 0.25) is 15.9 Å². The zero-order valence-corrected chi connectivity index (χ0v) is 13.5. The SMILES string of the molecule is C[C@@H](NS(=O)(=O)c1cccc(Cl)c1)C(=O)Nc1cnn(C)c1. The van der Waals surface area contributed by atoms with Gasteiger partial charge in [-0.05, 0) is 25.1 Å². The van der Waals surface area contributed by atoms with E-state index in [2.05, 4.69) is 15.1 Å². The Balaban J connectivity index is 2.07. The summed E-state index contributed by atoms with van der Waals surface area (Å²) in [5, 5.41) is 6.78. The van der Waals surface area contributed by atoms with Crippen LogP contribution in [0.1, 0.15) is 6.92 Å². The molecule has 0 spiro atoms. The van der Waals surface area contributed by atoms with Crippen LogP contribution in [-0.2, 0) is 21.9 Å². The van der Waals surface area contributed by atoms with Crippen LogP contribution in [0.2, 0.25) is 5.02 Å². The van der Waals surface area contributed by atoms with Gasteiger partial charge in [-0.3, -0.25) is 9.48 Å². The third-order valence-electron chi connectivity index (χ3n) is 2.80. The molecule has 9 heteroatoms. The van der Waals surface area contributed by atoms with Crippen molar-refractivity contribution in [3.63, 3.8) is 0 Å². The summed E-state index contributed by atoms with van der Waals surface area (Å²) in [7, 11) is -2.12. The number of carbonyl (C=O) groups excluding carboxylic acids is 1. The fourth-order valence-electron chi connectivity index (χ4n) is 1.72. The van der Waals surface area contributed by atoms with Crippen molar-refractivity contribution in [3.05, 3.63) is 41.7 Å². The van der Waals surface area contributed by atoms with E-state index in [-0.39, 0.29) is 4.90 Å². The summed E-state index contributed by atoms with van der Waals surface area (Å²) in [6.07, 6.45) is 3.08. The van der Waals surface area contributed by atoms with Crippen molar-refractivity contribution in [2.24, 2.45) is 7.05 Å². The average molecular weight is 343 g/mol. The van der Waals surface area contributed by atoms with Crippen LogP contribution < -0.4 is 10.0 Å². The molecule has 2 aromatic rings. The molecule has 1 aromatic carbocycles. The summed E-state index contributed by atoms with van der Waals surface area (Å²) in [5.41, 5.74) is 0.487. The molecule has 1 amide bonds. The van der Waals surface area contributed by atoms with E-state index in [4.69, 9.17) is 11.6 Å². The molecule has 0 aliphatic heterocycles. The number of nitrogens with zero attached hydrogens (tertiary/aromatic N) is 2. The molecule has 0 radical (unpaired) electrons. The van der Waals surface area contributed by atoms with Crippen LogP contribution in [0.5, 0.6) is 0 Å². The van der Waals surface area contributed by atoms with E-state index in [0.29, 0.717) is 10.7 Å². The Morgan fingerprint density at radius 1 is 1.41 bits per heavy atom. The lowest BCUT2D eigenvalue weighted by atomic mass is 10.3. The zero-order valence-electron chi connectivity index (χ0n) is 11.9. The maximum Gasteiger partial charge on any atom is 0.242 e. The number of carbonyl (C=O) groups is 1. The summed E-state index contributed by atoms with van der Waals surface area (Å²) >= 11 is 5.78. The molecule has 22 heavy (non-hydrogen) atoms. The molecule has 7 nitrogen and oxygen atoms in total. The van der Waals surface area contributed by atoms with E-state index >= 15 is 0 Å². The summed E-state index contributed by atoms with van der Waals surface area (Å²) in [5.74, 6) is -0.487. The molecule has 0 bridgehead atoms. The van der Waals surface area contributed by atoms with E-state index < -0.39 is 22.0 Å². The standard InChI is InChI=1S/C13H15ClN4O3S/c1-9(13(19)16-11-7-15-18(2)8-11)17-22(20,21)12-5-3-4-10(14)6-12/h3-9,17H,1-2H3,(H,16,19)/t9-/m1/s1. The van der Waals surface area contributed by atoms with Crippen LogP contribution in [0.25, 0.3) is 0 Å². The zero-order chi connectivity index (χ0) is 16.3. The van der Waals surface area contributed by atoms with Gasteiger partial charge in [0.1, 0.15) is 0 Å². The van der Waals surface area contributed by atoms with Crippen LogP contribution in [0.15, 0.2) is 41.6 Å². The number of rotatable bonds is 5. The van der Waals surface area contributed by atoms with E-state index in [1.807, 2.05) is 0 Å². The number of hydrogen-bond acceptors (Lipinski definition) is 4. The average Bonchev–Trinajstić information content (AvgIpc) is 2.83. The molecular formula is C13H15ClN4O3S. The quantitative estimate of drug-likeness (QED) is 0.858. The molecule has 1 aromatic heterocycles. The maximum atomic E-state index is 12.2. The van der Waals surface area contributed by atoms with E-state index in [0.717, 1.165) is 0 Å². The second-order valence-corrected chi connectivity index (χ2v) is 6.84. The van der Waals surface area contributed by atoms with Crippen LogP contribution in [0.3, 0.4) is 0 Å². The minimum Gasteiger partial charge on any atom is -0.322 e. The van der Waals surface area contributed by atoms with Gasteiger partial charge in [-0.15, -0.1) is 0 Å². The Morgan fingerprint density at radius 2 is 2.14 bits per heavy atom. The van der Waals surface area contributed by atoms with E-state index in [1.54, 1.807) is 19.3 Å². The summed E-state index contributed by atoms with van der Waals surface area (Å²) in [6, 6.07) is 4.86. The van der Waals surface area contributed by atoms with E-state index in [9.17, 15) is 13.2 Å². The predicted octanol–water partition coefficient (Wildman–Crippen LogP) is 1.38. The second-order valence-electron chi connectivity index (χ2n) is 4.69. The van der Waals surface area contributed by atoms with Crippen LogP contribution in [0, 0.1) is 0 Å². The van der Waals surface area contributed by atoms with Gasteiger partial charge in [-0.25, -0.2) is 8.42 Å². The first-order chi connectivity index (χ1) is 10.3. The van der Waals surface area contributed by atoms with Crippen LogP contribution in [0.4, 0.5) is 5.69 Å². The van der Waals surface area contributed by atoms with Crippen molar-refractivity contribution in [1.29, 1.82) is 0 Å². The first-order valence-corrected chi connectivity index (χ1v) is 8.21. The van der Waals surface area contributed by atoms with Crippen molar-refractivity contribution in [2.45, 2.75) is 17.9 Å². The van der Waals surface area contributed by atoms with E-state index in [1.165, 1.54) is 36.0 Å². The Bertz CT molecular complexity index is 788. The molecule has 2 N–H and O–H groups in total. The minimum atomic E-state index is -3.83. The molecule has 0 fully saturated rings. The third-order valence-corrected chi connectivity index (χ3v) is 4.58. The van der Waals surface area contributed by atoms with Crippen LogP contribution in [-0.4, -0.2) is 30.1 Å². The topological polar surface area (TPSA) is 93.1 Å². The highest BCUT2D eigenvalue weighted by molar-refractivity contribution is 7.89. The fraction of sp³-hybridized carbons (Fsp3) is 0.231. The largest absolute Gasteiger partial charge is 0.322 e. The maximum absolute atomic E-state index is 12.2. The number of aryl methyl sites for hydroxylation is 1. The van der Waals surface area contributed by atoms with Gasteiger partial charge in [-0.1, -0.05) is 17.7 Å². The molecule has 0 saturated carbocycles. The molecule has 118 valence electrons. The highest BCUT2D eigenvalue weighted by Gasteiger charge is 2.22. The Morgan fingerprint density at radius 3 is 2.73 bits per heavy atom. The summed E-state index contributed by atoms with van der Waals surface area (Å²) in [4.78, 5) is 12.0. The second kappa shape index (κ2) is 6.47. The van der Waals surface area contributed by atoms with Crippen molar-refractivity contribution in [3.8, 4) is 0 Å². The van der Waals surface area contributed by atoms with Gasteiger partial charge < -0.3 is 5.32 Å². The smallest absolute Gasteiger partial charge is 0.242 e. The lowest BCUT2D eigenvalue weighted by Crippen LogP contribution is -2.41. The lowest BCUT2D eigenvalue weighted by Gasteiger charge is -2.13. The van der Waals surface area contributed by atoms with Gasteiger partial charge in [0.15, 0.2) is 0 Å². The van der Waals surface area contributed by atoms with Crippen LogP contribution >= 0.6 is 11.6 Å². The summed E-state index contributed by atoms with van der Waals surface area (Å²) in [6.45, 7) is 1.45. The summed E-state index contributed by atoms with van der Waals surface area (Å²) < 4.78 is 28.2. The normalized spacial score (nSPS) is 12.9. The third kappa shape index (κ3) is 4.06. The molecule has 1 atom stereocenters. The number of nitrogens with one attached hydrogen (secondary N) is 2. The number of halogens is 1. The molecule has 2 rings (SSSR count). The molecule has 1 heterocycles. The predicted molar refractivity (Wildman–Crippen MR) is 83.1 cm³/mol. The van der Waals surface area contributed by atoms with Gasteiger partial charge >= 0.3 is 0 Å². The Labute approximate surface area is 133 Å². The number of hydrogen-bond donors (Lipinski definition) is 2. The number of sulfonamides is 1. The molecule has 0 unspecified atom stereocenters. The number of amides is 1. The highest BCUT2D eigenvalue weighted by atomic mass is 35.5. The number of anilines is 1. The monoisotopic (exact) mass is 342 g/mol. The molecular weight excluding hydrogens is 328 g/mol. The molecule has 0 saturated heterocycles. The van der Waals surface area contributed by atoms with Crippen molar-refractivity contribution < 1.29 is 13.2 Å².